The predicted molar refractivity (Wildman–Crippen MR) is 86.0 cm³/mol. The van der Waals surface area contributed by atoms with E-state index in [1.165, 1.54) is 19.3 Å². The van der Waals surface area contributed by atoms with Crippen molar-refractivity contribution in [2.75, 3.05) is 13.1 Å². The fourth-order valence-electron chi connectivity index (χ4n) is 3.04. The molecule has 0 aliphatic heterocycles. The zero-order valence-corrected chi connectivity index (χ0v) is 12.8. The van der Waals surface area contributed by atoms with Gasteiger partial charge in [-0.05, 0) is 31.9 Å². The molecule has 0 aromatic heterocycles. The van der Waals surface area contributed by atoms with Gasteiger partial charge in [-0.2, -0.15) is 0 Å². The zero-order chi connectivity index (χ0) is 15.1. The van der Waals surface area contributed by atoms with E-state index in [-0.39, 0.29) is 5.91 Å². The average Bonchev–Trinajstić information content (AvgIpc) is 2.55. The molecule has 1 saturated carbocycles. The Morgan fingerprint density at radius 2 is 2.00 bits per heavy atom. The van der Waals surface area contributed by atoms with Crippen LogP contribution in [0.3, 0.4) is 0 Å². The fraction of sp³-hybridized carbons (Fsp3) is 0.500. The summed E-state index contributed by atoms with van der Waals surface area (Å²) in [6.45, 7) is 3.12. The second-order valence-electron chi connectivity index (χ2n) is 5.43. The van der Waals surface area contributed by atoms with Crippen LogP contribution in [0, 0.1) is 11.8 Å². The van der Waals surface area contributed by atoms with E-state index in [1.807, 2.05) is 29.2 Å². The molecule has 0 radical (unpaired) electrons. The maximum Gasteiger partial charge on any atom is 0.255 e. The molecule has 1 fully saturated rings. The van der Waals surface area contributed by atoms with Crippen LogP contribution in [-0.4, -0.2) is 29.9 Å². The number of benzene rings is 1. The van der Waals surface area contributed by atoms with Crippen molar-refractivity contribution in [3.8, 4) is 11.8 Å². The molecule has 0 heterocycles. The van der Waals surface area contributed by atoms with Gasteiger partial charge in [-0.25, -0.2) is 0 Å². The van der Waals surface area contributed by atoms with Crippen LogP contribution in [0.25, 0.3) is 0 Å². The summed E-state index contributed by atoms with van der Waals surface area (Å²) in [4.78, 5) is 14.9. The second kappa shape index (κ2) is 7.85. The minimum absolute atomic E-state index is 0.103. The van der Waals surface area contributed by atoms with Crippen LogP contribution < -0.4 is 5.73 Å². The van der Waals surface area contributed by atoms with Gasteiger partial charge in [0.2, 0.25) is 0 Å². The van der Waals surface area contributed by atoms with Crippen LogP contribution in [-0.2, 0) is 0 Å². The molecule has 0 bridgehead atoms. The monoisotopic (exact) mass is 284 g/mol. The lowest BCUT2D eigenvalue weighted by Gasteiger charge is -2.33. The van der Waals surface area contributed by atoms with Gasteiger partial charge in [-0.1, -0.05) is 43.2 Å². The Bertz CT molecular complexity index is 536. The van der Waals surface area contributed by atoms with Crippen LogP contribution >= 0.6 is 0 Å². The molecule has 3 heteroatoms. The van der Waals surface area contributed by atoms with Gasteiger partial charge in [0.05, 0.1) is 12.1 Å². The summed E-state index contributed by atoms with van der Waals surface area (Å²) in [5.41, 5.74) is 6.92. The number of carbonyl (C=O) groups is 1. The van der Waals surface area contributed by atoms with Crippen LogP contribution in [0.1, 0.15) is 54.9 Å². The molecular weight excluding hydrogens is 260 g/mol. The largest absolute Gasteiger partial charge is 0.336 e. The zero-order valence-electron chi connectivity index (χ0n) is 12.8. The van der Waals surface area contributed by atoms with E-state index < -0.39 is 0 Å². The molecule has 21 heavy (non-hydrogen) atoms. The molecule has 112 valence electrons. The highest BCUT2D eigenvalue weighted by Gasteiger charge is 2.25. The molecule has 0 saturated heterocycles. The Labute approximate surface area is 127 Å². The molecule has 1 aromatic rings. The lowest BCUT2D eigenvalue weighted by Crippen LogP contribution is -2.41. The molecule has 0 atom stereocenters. The topological polar surface area (TPSA) is 46.3 Å². The minimum Gasteiger partial charge on any atom is -0.336 e. The lowest BCUT2D eigenvalue weighted by atomic mass is 9.93. The summed E-state index contributed by atoms with van der Waals surface area (Å²) < 4.78 is 0. The van der Waals surface area contributed by atoms with Gasteiger partial charge < -0.3 is 10.6 Å². The van der Waals surface area contributed by atoms with Crippen LogP contribution in [0.15, 0.2) is 24.3 Å². The van der Waals surface area contributed by atoms with E-state index in [0.29, 0.717) is 18.2 Å². The molecule has 2 rings (SSSR count). The standard InChI is InChI=1S/C18H24N2O/c1-2-20(16-11-4-3-5-12-16)18(21)17-13-7-6-9-15(17)10-8-14-19/h6-7,9,13,16H,2-5,11-12,14,19H2,1H3. The molecule has 2 N–H and O–H groups in total. The predicted octanol–water partition coefficient (Wildman–Crippen LogP) is 2.79. The normalized spacial score (nSPS) is 15.1. The molecule has 0 unspecified atom stereocenters. The molecule has 3 nitrogen and oxygen atoms in total. The number of hydrogen-bond donors (Lipinski definition) is 1. The third kappa shape index (κ3) is 3.86. The quantitative estimate of drug-likeness (QED) is 0.868. The number of carbonyl (C=O) groups excluding carboxylic acids is 1. The van der Waals surface area contributed by atoms with E-state index in [9.17, 15) is 4.79 Å². The van der Waals surface area contributed by atoms with E-state index in [4.69, 9.17) is 5.73 Å². The first-order chi connectivity index (χ1) is 10.3. The molecular formula is C18H24N2O. The van der Waals surface area contributed by atoms with Crippen molar-refractivity contribution in [2.45, 2.75) is 45.1 Å². The number of nitrogens with zero attached hydrogens (tertiary/aromatic N) is 1. The number of hydrogen-bond acceptors (Lipinski definition) is 2. The van der Waals surface area contributed by atoms with Crippen molar-refractivity contribution < 1.29 is 4.79 Å². The minimum atomic E-state index is 0.103. The third-order valence-corrected chi connectivity index (χ3v) is 4.10. The van der Waals surface area contributed by atoms with Gasteiger partial charge in [-0.3, -0.25) is 4.79 Å². The maximum atomic E-state index is 12.9. The van der Waals surface area contributed by atoms with Crippen LogP contribution in [0.4, 0.5) is 0 Å². The van der Waals surface area contributed by atoms with Gasteiger partial charge in [0.25, 0.3) is 5.91 Å². The molecule has 1 amide bonds. The van der Waals surface area contributed by atoms with E-state index in [1.54, 1.807) is 0 Å². The summed E-state index contributed by atoms with van der Waals surface area (Å²) in [6, 6.07) is 7.95. The number of rotatable bonds is 3. The van der Waals surface area contributed by atoms with Crippen molar-refractivity contribution in [1.29, 1.82) is 0 Å². The van der Waals surface area contributed by atoms with Crippen LogP contribution in [0.5, 0.6) is 0 Å². The Morgan fingerprint density at radius 3 is 2.67 bits per heavy atom. The SMILES string of the molecule is CCN(C(=O)c1ccccc1C#CCN)C1CCCCC1. The summed E-state index contributed by atoms with van der Waals surface area (Å²) in [5, 5.41) is 0. The highest BCUT2D eigenvalue weighted by atomic mass is 16.2. The van der Waals surface area contributed by atoms with E-state index >= 15 is 0 Å². The van der Waals surface area contributed by atoms with E-state index in [0.717, 1.165) is 24.9 Å². The lowest BCUT2D eigenvalue weighted by molar-refractivity contribution is 0.0647. The fourth-order valence-corrected chi connectivity index (χ4v) is 3.04. The van der Waals surface area contributed by atoms with Gasteiger partial charge >= 0.3 is 0 Å². The summed E-state index contributed by atoms with van der Waals surface area (Å²) in [5.74, 6) is 5.96. The molecule has 1 aromatic carbocycles. The Kier molecular flexibility index (Phi) is 5.83. The Balaban J connectivity index is 2.24. The number of nitrogens with two attached hydrogens (primary N) is 1. The first-order valence-corrected chi connectivity index (χ1v) is 7.86. The summed E-state index contributed by atoms with van der Waals surface area (Å²) in [6.07, 6.45) is 5.99. The Hall–Kier alpha value is -1.79. The first-order valence-electron chi connectivity index (χ1n) is 7.86. The molecule has 0 spiro atoms. The van der Waals surface area contributed by atoms with Crippen molar-refractivity contribution in [2.24, 2.45) is 5.73 Å². The maximum absolute atomic E-state index is 12.9. The van der Waals surface area contributed by atoms with Crippen molar-refractivity contribution in [3.05, 3.63) is 35.4 Å². The van der Waals surface area contributed by atoms with Crippen molar-refractivity contribution in [3.63, 3.8) is 0 Å². The highest BCUT2D eigenvalue weighted by Crippen LogP contribution is 2.24. The molecule has 1 aliphatic carbocycles. The highest BCUT2D eigenvalue weighted by molar-refractivity contribution is 5.97. The van der Waals surface area contributed by atoms with Gasteiger partial charge in [-0.15, -0.1) is 0 Å². The van der Waals surface area contributed by atoms with Crippen LogP contribution in [0.2, 0.25) is 0 Å². The van der Waals surface area contributed by atoms with Gasteiger partial charge in [0.1, 0.15) is 0 Å². The average molecular weight is 284 g/mol. The Morgan fingerprint density at radius 1 is 1.29 bits per heavy atom. The van der Waals surface area contributed by atoms with Crippen molar-refractivity contribution in [1.82, 2.24) is 4.90 Å². The van der Waals surface area contributed by atoms with Gasteiger partial charge in [0.15, 0.2) is 0 Å². The smallest absolute Gasteiger partial charge is 0.255 e. The van der Waals surface area contributed by atoms with Crippen molar-refractivity contribution >= 4 is 5.91 Å². The van der Waals surface area contributed by atoms with E-state index in [2.05, 4.69) is 18.8 Å². The molecule has 1 aliphatic rings. The first kappa shape index (κ1) is 15.6. The number of amides is 1. The third-order valence-electron chi connectivity index (χ3n) is 4.10. The van der Waals surface area contributed by atoms with Gasteiger partial charge in [0, 0.05) is 18.2 Å². The second-order valence-corrected chi connectivity index (χ2v) is 5.43. The summed E-state index contributed by atoms with van der Waals surface area (Å²) >= 11 is 0. The summed E-state index contributed by atoms with van der Waals surface area (Å²) in [7, 11) is 0.